The third-order valence-electron chi connectivity index (χ3n) is 18.7. The number of nitrogens with zero attached hydrogens (tertiary/aromatic N) is 1. The molecule has 16 rings (SSSR count). The van der Waals surface area contributed by atoms with Gasteiger partial charge in [-0.2, -0.15) is 0 Å². The molecule has 0 bridgehead atoms. The highest BCUT2D eigenvalue weighted by atomic mass is 15.1. The van der Waals surface area contributed by atoms with Crippen LogP contribution in [0.15, 0.2) is 297 Å². The van der Waals surface area contributed by atoms with E-state index in [0.29, 0.717) is 0 Å². The number of benzene rings is 12. The molecule has 4 aliphatic carbocycles. The van der Waals surface area contributed by atoms with Crippen LogP contribution >= 0.6 is 0 Å². The molecular formula is C78H55N. The molecule has 0 saturated heterocycles. The van der Waals surface area contributed by atoms with Crippen LogP contribution in [0.25, 0.3) is 33.4 Å². The highest BCUT2D eigenvalue weighted by molar-refractivity contribution is 5.94. The molecule has 0 aromatic heterocycles. The number of hydrogen-bond acceptors (Lipinski definition) is 1. The van der Waals surface area contributed by atoms with Gasteiger partial charge in [0.25, 0.3) is 0 Å². The molecule has 0 amide bonds. The minimum absolute atomic E-state index is 0.204. The molecule has 0 N–H and O–H groups in total. The second-order valence-corrected chi connectivity index (χ2v) is 22.6. The monoisotopic (exact) mass is 1010 g/mol. The van der Waals surface area contributed by atoms with E-state index in [1.165, 1.54) is 111 Å². The number of anilines is 3. The third-order valence-corrected chi connectivity index (χ3v) is 18.7. The first kappa shape index (κ1) is 45.6. The first-order chi connectivity index (χ1) is 39.0. The predicted molar refractivity (Wildman–Crippen MR) is 325 cm³/mol. The molecule has 12 aromatic carbocycles. The molecule has 0 fully saturated rings. The first-order valence-corrected chi connectivity index (χ1v) is 27.9. The van der Waals surface area contributed by atoms with Crippen molar-refractivity contribution in [2.75, 3.05) is 4.90 Å². The molecule has 0 spiro atoms. The van der Waals surface area contributed by atoms with Gasteiger partial charge in [-0.05, 0) is 148 Å². The molecule has 0 saturated carbocycles. The summed E-state index contributed by atoms with van der Waals surface area (Å²) in [6.07, 6.45) is 0. The lowest BCUT2D eigenvalue weighted by molar-refractivity contribution is 0.627. The molecule has 372 valence electrons. The SMILES string of the molecule is CC1(C)c2ccccc2-c2ccc(N(c3cccc(C4(c5ccccc5)c5ccccc5C5(c6ccccc6)c6ccccc6-c6cccc4c65)c3)c3ccc4c(c3)C(c3ccccc3)(c3ccccc3)c3ccccc3-4)cc21. The van der Waals surface area contributed by atoms with E-state index in [1.54, 1.807) is 0 Å². The van der Waals surface area contributed by atoms with Crippen molar-refractivity contribution in [1.82, 2.24) is 0 Å². The van der Waals surface area contributed by atoms with Crippen LogP contribution in [-0.2, 0) is 21.7 Å². The van der Waals surface area contributed by atoms with Gasteiger partial charge in [0.2, 0.25) is 0 Å². The molecule has 0 heterocycles. The highest BCUT2D eigenvalue weighted by Gasteiger charge is 2.58. The van der Waals surface area contributed by atoms with E-state index < -0.39 is 16.2 Å². The summed E-state index contributed by atoms with van der Waals surface area (Å²) in [4.78, 5) is 2.56. The van der Waals surface area contributed by atoms with Gasteiger partial charge in [-0.15, -0.1) is 0 Å². The molecule has 79 heavy (non-hydrogen) atoms. The highest BCUT2D eigenvalue weighted by Crippen LogP contribution is 2.66. The van der Waals surface area contributed by atoms with E-state index >= 15 is 0 Å². The summed E-state index contributed by atoms with van der Waals surface area (Å²) in [5.74, 6) is 0. The van der Waals surface area contributed by atoms with Gasteiger partial charge >= 0.3 is 0 Å². The number of hydrogen-bond donors (Lipinski definition) is 0. The Morgan fingerprint density at radius 1 is 0.215 bits per heavy atom. The fraction of sp³-hybridized carbons (Fsp3) is 0.0769. The van der Waals surface area contributed by atoms with Gasteiger partial charge in [0.15, 0.2) is 0 Å². The van der Waals surface area contributed by atoms with Gasteiger partial charge in [-0.3, -0.25) is 0 Å². The molecule has 1 nitrogen and oxygen atoms in total. The Morgan fingerprint density at radius 2 is 0.557 bits per heavy atom. The summed E-state index contributed by atoms with van der Waals surface area (Å²) < 4.78 is 0. The lowest BCUT2D eigenvalue weighted by Gasteiger charge is -2.49. The van der Waals surface area contributed by atoms with Crippen LogP contribution in [0.1, 0.15) is 91.7 Å². The molecule has 12 aromatic rings. The Balaban J connectivity index is 0.989. The maximum atomic E-state index is 2.56. The van der Waals surface area contributed by atoms with E-state index in [0.717, 1.165) is 17.1 Å². The first-order valence-electron chi connectivity index (χ1n) is 27.9. The Morgan fingerprint density at radius 3 is 1.13 bits per heavy atom. The van der Waals surface area contributed by atoms with E-state index in [2.05, 4.69) is 316 Å². The second-order valence-electron chi connectivity index (χ2n) is 22.6. The molecule has 4 aliphatic rings. The zero-order valence-corrected chi connectivity index (χ0v) is 44.2. The van der Waals surface area contributed by atoms with Crippen LogP contribution in [0.5, 0.6) is 0 Å². The van der Waals surface area contributed by atoms with Crippen LogP contribution in [0.4, 0.5) is 17.1 Å². The van der Waals surface area contributed by atoms with Gasteiger partial charge in [0.1, 0.15) is 0 Å². The van der Waals surface area contributed by atoms with Crippen molar-refractivity contribution in [1.29, 1.82) is 0 Å². The van der Waals surface area contributed by atoms with E-state index in [1.807, 2.05) is 0 Å². The van der Waals surface area contributed by atoms with Gasteiger partial charge in [0.05, 0.1) is 16.2 Å². The number of rotatable bonds is 8. The van der Waals surface area contributed by atoms with E-state index in [9.17, 15) is 0 Å². The summed E-state index contributed by atoms with van der Waals surface area (Å²) in [6, 6.07) is 113. The zero-order valence-electron chi connectivity index (χ0n) is 44.2. The Labute approximate surface area is 463 Å². The second kappa shape index (κ2) is 17.0. The average Bonchev–Trinajstić information content (AvgIpc) is 3.00. The van der Waals surface area contributed by atoms with Crippen LogP contribution in [-0.4, -0.2) is 0 Å². The normalized spacial score (nSPS) is 17.8. The van der Waals surface area contributed by atoms with Crippen molar-refractivity contribution >= 4 is 17.1 Å². The largest absolute Gasteiger partial charge is 0.310 e. The quantitative estimate of drug-likeness (QED) is 0.147. The fourth-order valence-electron chi connectivity index (χ4n) is 15.6. The molecule has 2 atom stereocenters. The maximum absolute atomic E-state index is 2.56. The zero-order chi connectivity index (χ0) is 52.5. The van der Waals surface area contributed by atoms with E-state index in [4.69, 9.17) is 0 Å². The molecule has 0 radical (unpaired) electrons. The van der Waals surface area contributed by atoms with Gasteiger partial charge in [0, 0.05) is 22.5 Å². The maximum Gasteiger partial charge on any atom is 0.0720 e. The van der Waals surface area contributed by atoms with Crippen LogP contribution in [0.2, 0.25) is 0 Å². The predicted octanol–water partition coefficient (Wildman–Crippen LogP) is 18.9. The Bertz CT molecular complexity index is 4360. The van der Waals surface area contributed by atoms with Crippen molar-refractivity contribution in [3.05, 3.63) is 375 Å². The lowest BCUT2D eigenvalue weighted by Crippen LogP contribution is -2.44. The Kier molecular flexibility index (Phi) is 9.80. The number of fused-ring (bicyclic) bond motifs is 11. The molecular weight excluding hydrogens is 951 g/mol. The van der Waals surface area contributed by atoms with Crippen molar-refractivity contribution in [2.24, 2.45) is 0 Å². The van der Waals surface area contributed by atoms with Gasteiger partial charge < -0.3 is 4.90 Å². The summed E-state index contributed by atoms with van der Waals surface area (Å²) in [7, 11) is 0. The Hall–Kier alpha value is -9.56. The topological polar surface area (TPSA) is 3.24 Å². The lowest BCUT2D eigenvalue weighted by atomic mass is 9.51. The summed E-state index contributed by atoms with van der Waals surface area (Å²) >= 11 is 0. The van der Waals surface area contributed by atoms with Crippen LogP contribution in [0.3, 0.4) is 0 Å². The molecule has 2 unspecified atom stereocenters. The van der Waals surface area contributed by atoms with E-state index in [-0.39, 0.29) is 5.41 Å². The summed E-state index contributed by atoms with van der Waals surface area (Å²) in [5.41, 5.74) is 27.1. The standard InChI is InChI=1S/C78H55N/c1-75(2)66-39-18-15-35-60(66)63-47-45-58(50-72(63)75)79(59-46-48-64-61-36-16-19-40-67(61)76(73(64)51-59,52-25-7-3-8-26-52)53-27-9-4-10-28-53)57-34-23-33-56(49-57)77(54-29-11-5-12-30-54)69-42-21-22-43-70(69)78(55-31-13-6-14-32-55)68-41-20-17-37-62(68)65-38-24-44-71(77)74(65)78/h3-51H,1-2H3. The third kappa shape index (κ3) is 6.00. The van der Waals surface area contributed by atoms with Gasteiger partial charge in [-0.25, -0.2) is 0 Å². The minimum atomic E-state index is -0.720. The molecule has 1 heteroatoms. The fourth-order valence-corrected chi connectivity index (χ4v) is 15.6. The molecule has 0 aliphatic heterocycles. The smallest absolute Gasteiger partial charge is 0.0720 e. The summed E-state index contributed by atoms with van der Waals surface area (Å²) in [5, 5.41) is 0. The summed E-state index contributed by atoms with van der Waals surface area (Å²) in [6.45, 7) is 4.78. The van der Waals surface area contributed by atoms with Crippen LogP contribution < -0.4 is 4.90 Å². The van der Waals surface area contributed by atoms with Gasteiger partial charge in [-0.1, -0.05) is 275 Å². The average molecular weight is 1010 g/mol. The van der Waals surface area contributed by atoms with Crippen molar-refractivity contribution in [3.63, 3.8) is 0 Å². The van der Waals surface area contributed by atoms with Crippen molar-refractivity contribution < 1.29 is 0 Å². The van der Waals surface area contributed by atoms with Crippen LogP contribution in [0, 0.1) is 0 Å². The van der Waals surface area contributed by atoms with Crippen molar-refractivity contribution in [2.45, 2.75) is 35.5 Å². The van der Waals surface area contributed by atoms with Crippen molar-refractivity contribution in [3.8, 4) is 33.4 Å². The minimum Gasteiger partial charge on any atom is -0.310 e.